The van der Waals surface area contributed by atoms with Crippen LogP contribution in [0.4, 0.5) is 0 Å². The molecular formula is C16H22N4O4. The van der Waals surface area contributed by atoms with Crippen LogP contribution in [0.3, 0.4) is 0 Å². The Morgan fingerprint density at radius 2 is 2.17 bits per heavy atom. The minimum Gasteiger partial charge on any atom is -0.367 e. The molecule has 2 aliphatic rings. The summed E-state index contributed by atoms with van der Waals surface area (Å²) in [6.45, 7) is 7.79. The first-order valence-corrected chi connectivity index (χ1v) is 8.03. The van der Waals surface area contributed by atoms with Crippen molar-refractivity contribution in [3.8, 4) is 0 Å². The molecule has 0 aliphatic carbocycles. The molecule has 0 spiro atoms. The highest BCUT2D eigenvalue weighted by molar-refractivity contribution is 5.92. The molecule has 0 saturated carbocycles. The smallest absolute Gasteiger partial charge is 0.278 e. The molecule has 3 heterocycles. The lowest BCUT2D eigenvalue weighted by Gasteiger charge is -2.43. The van der Waals surface area contributed by atoms with Crippen molar-refractivity contribution in [1.82, 2.24) is 20.4 Å². The molecule has 130 valence electrons. The fourth-order valence-electron chi connectivity index (χ4n) is 2.93. The maximum Gasteiger partial charge on any atom is 0.278 e. The second-order valence-electron chi connectivity index (χ2n) is 7.26. The molecule has 8 heteroatoms. The number of carbonyl (C=O) groups excluding carboxylic acids is 2. The molecule has 3 rings (SSSR count). The van der Waals surface area contributed by atoms with Crippen LogP contribution in [0.1, 0.15) is 30.0 Å². The number of hydrogen-bond donors (Lipinski definition) is 2. The van der Waals surface area contributed by atoms with Crippen molar-refractivity contribution >= 4 is 11.8 Å². The molecule has 2 aliphatic heterocycles. The maximum atomic E-state index is 12.2. The van der Waals surface area contributed by atoms with Gasteiger partial charge in [0.25, 0.3) is 5.91 Å². The van der Waals surface area contributed by atoms with Gasteiger partial charge in [0.15, 0.2) is 5.69 Å². The molecule has 24 heavy (non-hydrogen) atoms. The van der Waals surface area contributed by atoms with Crippen LogP contribution in [0.5, 0.6) is 0 Å². The van der Waals surface area contributed by atoms with Crippen molar-refractivity contribution in [2.75, 3.05) is 26.2 Å². The maximum absolute atomic E-state index is 12.2. The molecule has 1 atom stereocenters. The minimum atomic E-state index is -0.398. The van der Waals surface area contributed by atoms with E-state index in [9.17, 15) is 14.4 Å². The first kappa shape index (κ1) is 16.6. The molecule has 1 unspecified atom stereocenters. The normalized spacial score (nSPS) is 22.5. The Bertz CT molecular complexity index is 721. The van der Waals surface area contributed by atoms with Gasteiger partial charge in [0.1, 0.15) is 6.10 Å². The molecule has 0 bridgehead atoms. The van der Waals surface area contributed by atoms with Crippen molar-refractivity contribution in [2.24, 2.45) is 11.3 Å². The van der Waals surface area contributed by atoms with Gasteiger partial charge < -0.3 is 15.0 Å². The Balaban J connectivity index is 1.46. The standard InChI is InChI=1S/C16H22N4O4/c1-9-4-11(21)12(19-18-9)15(23)20-6-10(7-20)5-17-14(22)13-16(2,3)8-24-13/h4,10,13H,5-8H2,1-3H3,(H,17,22)(H,18,21). The monoisotopic (exact) mass is 334 g/mol. The summed E-state index contributed by atoms with van der Waals surface area (Å²) in [5.41, 5.74) is 0.0241. The zero-order valence-corrected chi connectivity index (χ0v) is 14.1. The number of amides is 2. The fraction of sp³-hybridized carbons (Fsp3) is 0.625. The van der Waals surface area contributed by atoms with E-state index in [1.807, 2.05) is 13.8 Å². The summed E-state index contributed by atoms with van der Waals surface area (Å²) in [4.78, 5) is 37.6. The summed E-state index contributed by atoms with van der Waals surface area (Å²) < 4.78 is 5.31. The molecule has 2 amide bonds. The zero-order chi connectivity index (χ0) is 17.5. The van der Waals surface area contributed by atoms with Crippen molar-refractivity contribution in [2.45, 2.75) is 26.9 Å². The number of aromatic nitrogens is 2. The number of ether oxygens (including phenoxy) is 1. The Morgan fingerprint density at radius 3 is 2.71 bits per heavy atom. The Labute approximate surface area is 139 Å². The molecule has 2 fully saturated rings. The molecular weight excluding hydrogens is 312 g/mol. The first-order chi connectivity index (χ1) is 11.3. The number of aromatic amines is 1. The van der Waals surface area contributed by atoms with Gasteiger partial charge in [-0.15, -0.1) is 0 Å². The van der Waals surface area contributed by atoms with Gasteiger partial charge in [-0.3, -0.25) is 19.5 Å². The SMILES string of the molecule is Cc1cc(=O)c(C(=O)N2CC(CNC(=O)C3OCC3(C)C)C2)n[nH]1. The quantitative estimate of drug-likeness (QED) is 0.786. The number of hydrogen-bond acceptors (Lipinski definition) is 5. The van der Waals surface area contributed by atoms with Gasteiger partial charge >= 0.3 is 0 Å². The largest absolute Gasteiger partial charge is 0.367 e. The fourth-order valence-corrected chi connectivity index (χ4v) is 2.93. The minimum absolute atomic E-state index is 0.0901. The molecule has 1 aromatic rings. The summed E-state index contributed by atoms with van der Waals surface area (Å²) in [6.07, 6.45) is -0.398. The Hall–Kier alpha value is -2.22. The van der Waals surface area contributed by atoms with Gasteiger partial charge in [0.05, 0.1) is 6.61 Å². The summed E-state index contributed by atoms with van der Waals surface area (Å²) in [6, 6.07) is 1.36. The van der Waals surface area contributed by atoms with Gasteiger partial charge in [0, 0.05) is 42.7 Å². The van der Waals surface area contributed by atoms with E-state index < -0.39 is 6.10 Å². The third-order valence-electron chi connectivity index (χ3n) is 4.51. The molecule has 2 saturated heterocycles. The lowest BCUT2D eigenvalue weighted by molar-refractivity contribution is -0.183. The predicted octanol–water partition coefficient (Wildman–Crippen LogP) is -0.308. The van der Waals surface area contributed by atoms with Crippen LogP contribution in [-0.2, 0) is 9.53 Å². The van der Waals surface area contributed by atoms with E-state index in [0.717, 1.165) is 0 Å². The van der Waals surface area contributed by atoms with Crippen LogP contribution in [0.15, 0.2) is 10.9 Å². The molecule has 0 aromatic carbocycles. The summed E-state index contributed by atoms with van der Waals surface area (Å²) in [5.74, 6) is -0.291. The Kier molecular flexibility index (Phi) is 4.16. The van der Waals surface area contributed by atoms with Gasteiger partial charge in [0.2, 0.25) is 11.3 Å². The van der Waals surface area contributed by atoms with E-state index in [1.54, 1.807) is 11.8 Å². The molecule has 8 nitrogen and oxygen atoms in total. The van der Waals surface area contributed by atoms with Crippen LogP contribution in [0, 0.1) is 18.3 Å². The average molecular weight is 334 g/mol. The average Bonchev–Trinajstić information content (AvgIpc) is 2.44. The summed E-state index contributed by atoms with van der Waals surface area (Å²) in [7, 11) is 0. The lowest BCUT2D eigenvalue weighted by Crippen LogP contribution is -2.59. The number of rotatable bonds is 4. The number of nitrogens with one attached hydrogen (secondary N) is 2. The van der Waals surface area contributed by atoms with Crippen molar-refractivity contribution in [3.63, 3.8) is 0 Å². The zero-order valence-electron chi connectivity index (χ0n) is 14.1. The molecule has 1 aromatic heterocycles. The van der Waals surface area contributed by atoms with Crippen molar-refractivity contribution in [3.05, 3.63) is 27.7 Å². The lowest BCUT2D eigenvalue weighted by atomic mass is 9.82. The number of likely N-dealkylation sites (tertiary alicyclic amines) is 1. The highest BCUT2D eigenvalue weighted by Gasteiger charge is 2.45. The van der Waals surface area contributed by atoms with Crippen LogP contribution in [0.2, 0.25) is 0 Å². The number of aryl methyl sites for hydroxylation is 1. The van der Waals surface area contributed by atoms with Crippen LogP contribution >= 0.6 is 0 Å². The van der Waals surface area contributed by atoms with Crippen LogP contribution in [0.25, 0.3) is 0 Å². The van der Waals surface area contributed by atoms with Gasteiger partial charge in [-0.05, 0) is 6.92 Å². The van der Waals surface area contributed by atoms with E-state index in [1.165, 1.54) is 6.07 Å². The van der Waals surface area contributed by atoms with Gasteiger partial charge in [-0.25, -0.2) is 0 Å². The van der Waals surface area contributed by atoms with E-state index in [-0.39, 0.29) is 34.3 Å². The number of nitrogens with zero attached hydrogens (tertiary/aromatic N) is 2. The van der Waals surface area contributed by atoms with E-state index in [0.29, 0.717) is 31.9 Å². The van der Waals surface area contributed by atoms with Crippen LogP contribution < -0.4 is 10.7 Å². The van der Waals surface area contributed by atoms with E-state index >= 15 is 0 Å². The third-order valence-corrected chi connectivity index (χ3v) is 4.51. The first-order valence-electron chi connectivity index (χ1n) is 8.03. The highest BCUT2D eigenvalue weighted by atomic mass is 16.5. The predicted molar refractivity (Wildman–Crippen MR) is 85.5 cm³/mol. The van der Waals surface area contributed by atoms with Crippen molar-refractivity contribution in [1.29, 1.82) is 0 Å². The van der Waals surface area contributed by atoms with Gasteiger partial charge in [-0.2, -0.15) is 5.10 Å². The topological polar surface area (TPSA) is 104 Å². The Morgan fingerprint density at radius 1 is 1.46 bits per heavy atom. The second kappa shape index (κ2) is 6.01. The van der Waals surface area contributed by atoms with Gasteiger partial charge in [-0.1, -0.05) is 13.8 Å². The van der Waals surface area contributed by atoms with Crippen LogP contribution in [-0.4, -0.2) is 59.3 Å². The molecule has 0 radical (unpaired) electrons. The number of carbonyl (C=O) groups is 2. The third kappa shape index (κ3) is 3.06. The highest BCUT2D eigenvalue weighted by Crippen LogP contribution is 2.33. The summed E-state index contributed by atoms with van der Waals surface area (Å²) >= 11 is 0. The van der Waals surface area contributed by atoms with Crippen molar-refractivity contribution < 1.29 is 14.3 Å². The second-order valence-corrected chi connectivity index (χ2v) is 7.26. The van der Waals surface area contributed by atoms with E-state index in [2.05, 4.69) is 15.5 Å². The summed E-state index contributed by atoms with van der Waals surface area (Å²) in [5, 5.41) is 9.34. The number of H-pyrrole nitrogens is 1. The molecule has 2 N–H and O–H groups in total. The van der Waals surface area contributed by atoms with E-state index in [4.69, 9.17) is 4.74 Å².